The number of furan rings is 1. The van der Waals surface area contributed by atoms with Gasteiger partial charge in [0.25, 0.3) is 5.95 Å². The Morgan fingerprint density at radius 3 is 2.33 bits per heavy atom. The topological polar surface area (TPSA) is 66.5 Å². The van der Waals surface area contributed by atoms with Crippen LogP contribution in [0.4, 0.5) is 0 Å². The number of carbonyl (C=O) groups excluding carboxylic acids is 1. The van der Waals surface area contributed by atoms with Crippen LogP contribution in [0.1, 0.15) is 28.9 Å². The molecule has 0 radical (unpaired) electrons. The van der Waals surface area contributed by atoms with E-state index in [2.05, 4.69) is 40.5 Å². The molecule has 0 N–H and O–H groups in total. The van der Waals surface area contributed by atoms with Crippen LogP contribution in [0.2, 0.25) is 10.0 Å². The van der Waals surface area contributed by atoms with Crippen LogP contribution in [-0.4, -0.2) is 22.6 Å². The average molecular weight is 559 g/mol. The van der Waals surface area contributed by atoms with Gasteiger partial charge in [0, 0.05) is 29.4 Å². The summed E-state index contributed by atoms with van der Waals surface area (Å²) >= 11 is 12.4. The smallest absolute Gasteiger partial charge is 0.374 e. The number of nitrogens with zero attached hydrogens (tertiary/aromatic N) is 2. The second-order valence-corrected chi connectivity index (χ2v) is 9.43. The van der Waals surface area contributed by atoms with Crippen molar-refractivity contribution in [3.05, 3.63) is 112 Å². The first-order valence-electron chi connectivity index (χ1n) is 12.2. The van der Waals surface area contributed by atoms with Crippen LogP contribution in [-0.2, 0) is 11.3 Å². The molecule has 0 amide bonds. The van der Waals surface area contributed by atoms with Crippen molar-refractivity contribution in [3.8, 4) is 34.1 Å². The highest BCUT2D eigenvalue weighted by Gasteiger charge is 2.13. The standard InChI is InChI=1S/C31H24Cl2N2O4/c1-3-35-19-27(25-14-11-23(32)18-26(25)33)34-29(35)16-6-20-4-7-21(8-5-20)22-9-12-24(13-10-22)38-30-17-15-28(39-30)31(36)37-2/h4-19H,3H2,1-2H3/b16-6+. The number of aryl methyl sites for hydroxylation is 1. The van der Waals surface area contributed by atoms with Gasteiger partial charge in [-0.05, 0) is 66.1 Å². The fourth-order valence-corrected chi connectivity index (χ4v) is 4.52. The van der Waals surface area contributed by atoms with Crippen LogP contribution in [0.3, 0.4) is 0 Å². The number of benzene rings is 3. The zero-order valence-corrected chi connectivity index (χ0v) is 22.7. The molecule has 0 fully saturated rings. The number of rotatable bonds is 8. The molecule has 0 atom stereocenters. The van der Waals surface area contributed by atoms with Gasteiger partial charge in [-0.15, -0.1) is 0 Å². The number of methoxy groups -OCH3 is 1. The highest BCUT2D eigenvalue weighted by Crippen LogP contribution is 2.31. The number of aromatic nitrogens is 2. The Hall–Kier alpha value is -4.26. The second kappa shape index (κ2) is 11.6. The minimum atomic E-state index is -0.554. The lowest BCUT2D eigenvalue weighted by atomic mass is 10.0. The summed E-state index contributed by atoms with van der Waals surface area (Å²) in [6.45, 7) is 2.86. The lowest BCUT2D eigenvalue weighted by Crippen LogP contribution is -1.98. The van der Waals surface area contributed by atoms with E-state index in [9.17, 15) is 4.79 Å². The monoisotopic (exact) mass is 558 g/mol. The van der Waals surface area contributed by atoms with E-state index in [1.807, 2.05) is 54.7 Å². The highest BCUT2D eigenvalue weighted by atomic mass is 35.5. The van der Waals surface area contributed by atoms with Crippen molar-refractivity contribution in [2.24, 2.45) is 0 Å². The summed E-state index contributed by atoms with van der Waals surface area (Å²) in [6.07, 6.45) is 6.03. The molecule has 3 aromatic carbocycles. The lowest BCUT2D eigenvalue weighted by Gasteiger charge is -2.05. The molecule has 0 spiro atoms. The van der Waals surface area contributed by atoms with Crippen molar-refractivity contribution in [1.29, 1.82) is 0 Å². The maximum absolute atomic E-state index is 11.5. The molecule has 5 aromatic rings. The Morgan fingerprint density at radius 1 is 0.949 bits per heavy atom. The van der Waals surface area contributed by atoms with Crippen molar-refractivity contribution in [2.45, 2.75) is 13.5 Å². The molecule has 6 nitrogen and oxygen atoms in total. The molecule has 0 unspecified atom stereocenters. The molecule has 0 aliphatic rings. The van der Waals surface area contributed by atoms with E-state index in [0.29, 0.717) is 15.8 Å². The second-order valence-electron chi connectivity index (χ2n) is 8.59. The Kier molecular flexibility index (Phi) is 7.87. The molecule has 0 saturated heterocycles. The van der Waals surface area contributed by atoms with Gasteiger partial charge in [-0.25, -0.2) is 9.78 Å². The molecule has 2 aromatic heterocycles. The molecule has 196 valence electrons. The number of ether oxygens (including phenoxy) is 2. The van der Waals surface area contributed by atoms with E-state index in [-0.39, 0.29) is 11.7 Å². The van der Waals surface area contributed by atoms with E-state index in [1.54, 1.807) is 12.1 Å². The number of carbonyl (C=O) groups is 1. The third-order valence-electron chi connectivity index (χ3n) is 6.06. The van der Waals surface area contributed by atoms with Crippen LogP contribution in [0.15, 0.2) is 89.5 Å². The Morgan fingerprint density at radius 2 is 1.67 bits per heavy atom. The van der Waals surface area contributed by atoms with Gasteiger partial charge in [-0.3, -0.25) is 0 Å². The molecule has 0 aliphatic heterocycles. The van der Waals surface area contributed by atoms with E-state index in [0.717, 1.165) is 40.3 Å². The van der Waals surface area contributed by atoms with Gasteiger partial charge in [0.15, 0.2) is 0 Å². The first kappa shape index (κ1) is 26.4. The number of imidazole rings is 1. The van der Waals surface area contributed by atoms with Crippen LogP contribution in [0.25, 0.3) is 34.5 Å². The maximum atomic E-state index is 11.5. The predicted molar refractivity (Wildman–Crippen MR) is 154 cm³/mol. The summed E-state index contributed by atoms with van der Waals surface area (Å²) in [5, 5.41) is 1.17. The van der Waals surface area contributed by atoms with Gasteiger partial charge in [-0.1, -0.05) is 65.7 Å². The minimum absolute atomic E-state index is 0.0864. The van der Waals surface area contributed by atoms with Gasteiger partial charge < -0.3 is 18.5 Å². The van der Waals surface area contributed by atoms with Gasteiger partial charge >= 0.3 is 5.97 Å². The summed E-state index contributed by atoms with van der Waals surface area (Å²) in [4.78, 5) is 16.3. The van der Waals surface area contributed by atoms with Crippen molar-refractivity contribution in [1.82, 2.24) is 9.55 Å². The zero-order valence-electron chi connectivity index (χ0n) is 21.2. The van der Waals surface area contributed by atoms with Crippen molar-refractivity contribution < 1.29 is 18.7 Å². The Labute approximate surface area is 236 Å². The minimum Gasteiger partial charge on any atom is -0.463 e. The molecular formula is C31H24Cl2N2O4. The SMILES string of the molecule is CCn1cc(-c2ccc(Cl)cc2Cl)nc1/C=C/c1ccc(-c2ccc(Oc3ccc(C(=O)OC)o3)cc2)cc1. The molecule has 0 saturated carbocycles. The number of hydrogen-bond acceptors (Lipinski definition) is 5. The molecule has 0 aliphatic carbocycles. The largest absolute Gasteiger partial charge is 0.463 e. The van der Waals surface area contributed by atoms with E-state index in [4.69, 9.17) is 37.3 Å². The van der Waals surface area contributed by atoms with Crippen molar-refractivity contribution in [3.63, 3.8) is 0 Å². The van der Waals surface area contributed by atoms with E-state index >= 15 is 0 Å². The predicted octanol–water partition coefficient (Wildman–Crippen LogP) is 8.89. The van der Waals surface area contributed by atoms with Crippen LogP contribution in [0, 0.1) is 0 Å². The van der Waals surface area contributed by atoms with Gasteiger partial charge in [0.05, 0.1) is 17.8 Å². The highest BCUT2D eigenvalue weighted by molar-refractivity contribution is 6.36. The fraction of sp³-hybridized carbons (Fsp3) is 0.0968. The van der Waals surface area contributed by atoms with Crippen molar-refractivity contribution >= 4 is 41.3 Å². The third-order valence-corrected chi connectivity index (χ3v) is 6.61. The first-order chi connectivity index (χ1) is 18.9. The summed E-state index contributed by atoms with van der Waals surface area (Å²) in [6, 6.07) is 24.4. The van der Waals surface area contributed by atoms with Crippen molar-refractivity contribution in [2.75, 3.05) is 7.11 Å². The summed E-state index contributed by atoms with van der Waals surface area (Å²) in [5.74, 6) is 1.18. The molecule has 5 rings (SSSR count). The van der Waals surface area contributed by atoms with Crippen LogP contribution in [0.5, 0.6) is 11.7 Å². The number of hydrogen-bond donors (Lipinski definition) is 0. The lowest BCUT2D eigenvalue weighted by molar-refractivity contribution is 0.0560. The first-order valence-corrected chi connectivity index (χ1v) is 13.0. The van der Waals surface area contributed by atoms with E-state index < -0.39 is 5.97 Å². The maximum Gasteiger partial charge on any atom is 0.374 e. The normalized spacial score (nSPS) is 11.2. The number of esters is 1. The Balaban J connectivity index is 1.27. The van der Waals surface area contributed by atoms with Crippen LogP contribution >= 0.6 is 23.2 Å². The number of halogens is 2. The average Bonchev–Trinajstić information content (AvgIpc) is 3.59. The Bertz CT molecular complexity index is 1630. The molecule has 39 heavy (non-hydrogen) atoms. The summed E-state index contributed by atoms with van der Waals surface area (Å²) in [5.41, 5.74) is 4.81. The molecule has 0 bridgehead atoms. The van der Waals surface area contributed by atoms with Crippen LogP contribution < -0.4 is 4.74 Å². The third kappa shape index (κ3) is 6.08. The zero-order chi connectivity index (χ0) is 27.4. The van der Waals surface area contributed by atoms with Gasteiger partial charge in [0.1, 0.15) is 11.6 Å². The molecule has 8 heteroatoms. The van der Waals surface area contributed by atoms with E-state index in [1.165, 1.54) is 13.2 Å². The summed E-state index contributed by atoms with van der Waals surface area (Å²) in [7, 11) is 1.30. The fourth-order valence-electron chi connectivity index (χ4n) is 4.02. The molecular weight excluding hydrogens is 535 g/mol. The van der Waals surface area contributed by atoms with Gasteiger partial charge in [0.2, 0.25) is 5.76 Å². The molecule has 2 heterocycles. The quantitative estimate of drug-likeness (QED) is 0.178. The van der Waals surface area contributed by atoms with Gasteiger partial charge in [-0.2, -0.15) is 0 Å². The summed E-state index contributed by atoms with van der Waals surface area (Å²) < 4.78 is 17.8.